The van der Waals surface area contributed by atoms with Crippen LogP contribution in [-0.4, -0.2) is 24.6 Å². The van der Waals surface area contributed by atoms with Crippen molar-refractivity contribution in [3.8, 4) is 0 Å². The van der Waals surface area contributed by atoms with Gasteiger partial charge in [0.25, 0.3) is 0 Å². The van der Waals surface area contributed by atoms with Gasteiger partial charge in [-0.15, -0.1) is 0 Å². The smallest absolute Gasteiger partial charge is 0.302 e. The molecule has 0 saturated carbocycles. The zero-order chi connectivity index (χ0) is 10.1. The van der Waals surface area contributed by atoms with Gasteiger partial charge in [0, 0.05) is 6.92 Å². The summed E-state index contributed by atoms with van der Waals surface area (Å²) in [5.74, 6) is -0.370. The minimum atomic E-state index is -0.245. The van der Waals surface area contributed by atoms with Gasteiger partial charge in [0.15, 0.2) is 0 Å². The molecule has 4 heteroatoms. The molecule has 0 rings (SSSR count). The lowest BCUT2D eigenvalue weighted by molar-refractivity contribution is -0.138. The van der Waals surface area contributed by atoms with Crippen LogP contribution in [0.2, 0.25) is 0 Å². The predicted octanol–water partition coefficient (Wildman–Crippen LogP) is 2.01. The molecule has 4 nitrogen and oxygen atoms in total. The van der Waals surface area contributed by atoms with Crippen LogP contribution in [0.5, 0.6) is 0 Å². The lowest BCUT2D eigenvalue weighted by Crippen LogP contribution is -1.97. The van der Waals surface area contributed by atoms with Gasteiger partial charge in [-0.05, 0) is 13.8 Å². The van der Waals surface area contributed by atoms with Crippen LogP contribution >= 0.6 is 0 Å². The van der Waals surface area contributed by atoms with Crippen molar-refractivity contribution in [3.05, 3.63) is 0 Å². The Kier molecular flexibility index (Phi) is 23.6. The van der Waals surface area contributed by atoms with Gasteiger partial charge < -0.3 is 4.74 Å². The normalized spacial score (nSPS) is 6.57. The molecule has 0 spiro atoms. The highest BCUT2D eigenvalue weighted by molar-refractivity contribution is 5.96. The summed E-state index contributed by atoms with van der Waals surface area (Å²) in [5.41, 5.74) is 0. The predicted molar refractivity (Wildman–Crippen MR) is 57.1 cm³/mol. The van der Waals surface area contributed by atoms with Crippen molar-refractivity contribution < 1.29 is 19.1 Å². The van der Waals surface area contributed by atoms with E-state index in [-0.39, 0.29) is 38.8 Å². The van der Waals surface area contributed by atoms with Crippen molar-refractivity contribution in [2.75, 3.05) is 7.11 Å². The lowest BCUT2D eigenvalue weighted by atomic mass is 10.2. The maximum absolute atomic E-state index is 10.0. The number of ketones is 2. The lowest BCUT2D eigenvalue weighted by Gasteiger charge is -1.81. The van der Waals surface area contributed by atoms with Crippen LogP contribution in [0.4, 0.5) is 0 Å². The molecule has 0 amide bonds. The second kappa shape index (κ2) is 14.3. The van der Waals surface area contributed by atoms with Crippen LogP contribution in [0.15, 0.2) is 0 Å². The molecule has 0 radical (unpaired) electrons. The molecule has 0 aromatic carbocycles. The fraction of sp³-hybridized carbons (Fsp3) is 0.700. The second-order valence-electron chi connectivity index (χ2n) is 2.28. The van der Waals surface area contributed by atoms with Gasteiger partial charge in [-0.25, -0.2) is 0 Å². The quantitative estimate of drug-likeness (QED) is 0.512. The van der Waals surface area contributed by atoms with Gasteiger partial charge in [-0.3, -0.25) is 14.4 Å². The zero-order valence-corrected chi connectivity index (χ0v) is 7.84. The Hall–Kier alpha value is -1.19. The molecule has 0 bridgehead atoms. The highest BCUT2D eigenvalue weighted by Gasteiger charge is 1.94. The molecule has 86 valence electrons. The molecule has 0 aromatic rings. The average molecular weight is 206 g/mol. The van der Waals surface area contributed by atoms with Crippen molar-refractivity contribution in [1.29, 1.82) is 0 Å². The van der Waals surface area contributed by atoms with Crippen LogP contribution in [0, 0.1) is 0 Å². The molecule has 0 aromatic heterocycles. The second-order valence-corrected chi connectivity index (χ2v) is 2.28. The summed E-state index contributed by atoms with van der Waals surface area (Å²) in [5, 5.41) is 0. The zero-order valence-electron chi connectivity index (χ0n) is 7.84. The Morgan fingerprint density at radius 2 is 1.14 bits per heavy atom. The Labute approximate surface area is 86.6 Å². The maximum Gasteiger partial charge on any atom is 0.302 e. The van der Waals surface area contributed by atoms with Gasteiger partial charge >= 0.3 is 5.97 Å². The Morgan fingerprint density at radius 3 is 1.14 bits per heavy atom. The number of carbonyl (C=O) groups excluding carboxylic acids is 3. The SMILES string of the molecule is C.C.CC(=O)CC(C)=O.COC(C)=O. The molecule has 0 aliphatic heterocycles. The van der Waals surface area contributed by atoms with E-state index in [1.165, 1.54) is 27.9 Å². The van der Waals surface area contributed by atoms with E-state index in [0.717, 1.165) is 0 Å². The van der Waals surface area contributed by atoms with E-state index in [2.05, 4.69) is 4.74 Å². The topological polar surface area (TPSA) is 60.4 Å². The minimum Gasteiger partial charge on any atom is -0.469 e. The summed E-state index contributed by atoms with van der Waals surface area (Å²) in [6.45, 7) is 4.17. The number of Topliss-reactive ketones (excluding diaryl/α,β-unsaturated/α-hetero) is 2. The summed E-state index contributed by atoms with van der Waals surface area (Å²) in [7, 11) is 1.35. The molecule has 0 aliphatic carbocycles. The van der Waals surface area contributed by atoms with Crippen LogP contribution < -0.4 is 0 Å². The molecule has 0 N–H and O–H groups in total. The molecule has 0 atom stereocenters. The van der Waals surface area contributed by atoms with Gasteiger partial charge in [0.1, 0.15) is 11.6 Å². The molecular formula is C10H22O4. The Bertz CT molecular complexity index is 161. The first-order valence-electron chi connectivity index (χ1n) is 3.43. The van der Waals surface area contributed by atoms with E-state index in [4.69, 9.17) is 0 Å². The maximum atomic E-state index is 10.0. The Balaban J connectivity index is -0.0000000651. The fourth-order valence-corrected chi connectivity index (χ4v) is 0.351. The first kappa shape index (κ1) is 23.0. The Morgan fingerprint density at radius 1 is 0.929 bits per heavy atom. The number of esters is 1. The largest absolute Gasteiger partial charge is 0.469 e. The highest BCUT2D eigenvalue weighted by atomic mass is 16.5. The molecule has 0 fully saturated rings. The summed E-state index contributed by atoms with van der Waals surface area (Å²) in [6.07, 6.45) is 0.0833. The minimum absolute atomic E-state index is 0. The number of ether oxygens (including phenoxy) is 1. The van der Waals surface area contributed by atoms with Crippen LogP contribution in [0.3, 0.4) is 0 Å². The number of hydrogen-bond donors (Lipinski definition) is 0. The van der Waals surface area contributed by atoms with Gasteiger partial charge in [0.2, 0.25) is 0 Å². The molecule has 0 aliphatic rings. The molecule has 0 unspecified atom stereocenters. The van der Waals surface area contributed by atoms with Crippen molar-refractivity contribution in [3.63, 3.8) is 0 Å². The standard InChI is InChI=1S/C5H8O2.C3H6O2.2CH4/c1-4(6)3-5(2)7;1-3(4)5-2;;/h3H2,1-2H3;1-2H3;2*1H4. The van der Waals surface area contributed by atoms with Crippen LogP contribution in [-0.2, 0) is 19.1 Å². The molecule has 14 heavy (non-hydrogen) atoms. The fourth-order valence-electron chi connectivity index (χ4n) is 0.351. The monoisotopic (exact) mass is 206 g/mol. The van der Waals surface area contributed by atoms with Crippen molar-refractivity contribution in [2.24, 2.45) is 0 Å². The summed E-state index contributed by atoms with van der Waals surface area (Å²) >= 11 is 0. The number of hydrogen-bond acceptors (Lipinski definition) is 4. The van der Waals surface area contributed by atoms with Gasteiger partial charge in [-0.2, -0.15) is 0 Å². The number of methoxy groups -OCH3 is 1. The third-order valence-electron chi connectivity index (χ3n) is 0.785. The molecule has 0 saturated heterocycles. The van der Waals surface area contributed by atoms with Crippen molar-refractivity contribution >= 4 is 17.5 Å². The highest BCUT2D eigenvalue weighted by Crippen LogP contribution is 1.80. The molecular weight excluding hydrogens is 184 g/mol. The van der Waals surface area contributed by atoms with Crippen molar-refractivity contribution in [2.45, 2.75) is 42.0 Å². The van der Waals surface area contributed by atoms with E-state index >= 15 is 0 Å². The molecule has 0 heterocycles. The van der Waals surface area contributed by atoms with E-state index in [0.29, 0.717) is 0 Å². The third kappa shape index (κ3) is 45.0. The first-order chi connectivity index (χ1) is 5.40. The summed E-state index contributed by atoms with van der Waals surface area (Å²) in [6, 6.07) is 0. The van der Waals surface area contributed by atoms with E-state index in [1.807, 2.05) is 0 Å². The first-order valence-corrected chi connectivity index (χ1v) is 3.43. The third-order valence-corrected chi connectivity index (χ3v) is 0.785. The van der Waals surface area contributed by atoms with Crippen molar-refractivity contribution in [1.82, 2.24) is 0 Å². The van der Waals surface area contributed by atoms with E-state index in [9.17, 15) is 14.4 Å². The number of rotatable bonds is 2. The van der Waals surface area contributed by atoms with E-state index in [1.54, 1.807) is 0 Å². The van der Waals surface area contributed by atoms with E-state index < -0.39 is 0 Å². The summed E-state index contributed by atoms with van der Waals surface area (Å²) < 4.78 is 4.11. The van der Waals surface area contributed by atoms with Crippen LogP contribution in [0.25, 0.3) is 0 Å². The van der Waals surface area contributed by atoms with Gasteiger partial charge in [-0.1, -0.05) is 14.9 Å². The number of carbonyl (C=O) groups is 3. The average Bonchev–Trinajstić information content (AvgIpc) is 1.85. The summed E-state index contributed by atoms with van der Waals surface area (Å²) in [4.78, 5) is 29.7. The van der Waals surface area contributed by atoms with Crippen LogP contribution in [0.1, 0.15) is 42.0 Å². The van der Waals surface area contributed by atoms with Gasteiger partial charge in [0.05, 0.1) is 13.5 Å².